The molecule has 2 rings (SSSR count). The molecule has 0 heterocycles. The molecule has 0 saturated carbocycles. The first kappa shape index (κ1) is 17.0. The lowest BCUT2D eigenvalue weighted by molar-refractivity contribution is -0.145. The molecule has 0 aliphatic rings. The molecule has 1 atom stereocenters. The fraction of sp³-hybridized carbons (Fsp3) is 0.286. The minimum absolute atomic E-state index is 0.0368. The van der Waals surface area contributed by atoms with Crippen molar-refractivity contribution in [2.75, 3.05) is 7.11 Å². The number of carbonyl (C=O) groups excluding carboxylic acids is 1. The fourth-order valence-electron chi connectivity index (χ4n) is 2.63. The summed E-state index contributed by atoms with van der Waals surface area (Å²) in [5.74, 6) is -0.161. The molecule has 0 amide bonds. The van der Waals surface area contributed by atoms with Gasteiger partial charge in [0.05, 0.1) is 13.0 Å². The summed E-state index contributed by atoms with van der Waals surface area (Å²) in [7, 11) is 1.45. The largest absolute Gasteiger partial charge is 0.469 e. The van der Waals surface area contributed by atoms with Crippen LogP contribution in [0.5, 0.6) is 0 Å². The summed E-state index contributed by atoms with van der Waals surface area (Å²) < 4.78 is 4.77. The zero-order valence-corrected chi connectivity index (χ0v) is 13.9. The standard InChI is InChI=1S/C21H24O2/c1-17(21(22)23-2)11-9-10-16-20(18-12-5-3-6-13-18)19-14-7-4-8-15-19/h3-8,12-17H,9-11H2,1-2H3. The Hall–Kier alpha value is -2.35. The van der Waals surface area contributed by atoms with E-state index in [9.17, 15) is 4.79 Å². The number of benzene rings is 2. The van der Waals surface area contributed by atoms with E-state index in [0.717, 1.165) is 19.3 Å². The van der Waals surface area contributed by atoms with Gasteiger partial charge in [-0.05, 0) is 36.0 Å². The number of hydrogen-bond acceptors (Lipinski definition) is 2. The molecule has 23 heavy (non-hydrogen) atoms. The van der Waals surface area contributed by atoms with Crippen molar-refractivity contribution < 1.29 is 9.53 Å². The van der Waals surface area contributed by atoms with Crippen LogP contribution >= 0.6 is 0 Å². The quantitative estimate of drug-likeness (QED) is 0.525. The Morgan fingerprint density at radius 2 is 1.52 bits per heavy atom. The molecule has 0 aliphatic heterocycles. The van der Waals surface area contributed by atoms with Crippen LogP contribution in [0.15, 0.2) is 66.7 Å². The summed E-state index contributed by atoms with van der Waals surface area (Å²) >= 11 is 0. The van der Waals surface area contributed by atoms with Crippen LogP contribution in [0.1, 0.15) is 37.3 Å². The van der Waals surface area contributed by atoms with Crippen LogP contribution in [-0.4, -0.2) is 13.1 Å². The zero-order chi connectivity index (χ0) is 16.5. The number of hydrogen-bond donors (Lipinski definition) is 0. The first-order valence-electron chi connectivity index (χ1n) is 8.11. The first-order valence-corrected chi connectivity index (χ1v) is 8.11. The van der Waals surface area contributed by atoms with Crippen LogP contribution in [-0.2, 0) is 9.53 Å². The van der Waals surface area contributed by atoms with Crippen molar-refractivity contribution in [1.29, 1.82) is 0 Å². The minimum atomic E-state index is -0.125. The third kappa shape index (κ3) is 5.10. The van der Waals surface area contributed by atoms with Crippen molar-refractivity contribution in [3.63, 3.8) is 0 Å². The number of carbonyl (C=O) groups is 1. The van der Waals surface area contributed by atoms with E-state index < -0.39 is 0 Å². The molecular formula is C21H24O2. The lowest BCUT2D eigenvalue weighted by Crippen LogP contribution is -2.12. The van der Waals surface area contributed by atoms with Crippen molar-refractivity contribution in [2.45, 2.75) is 26.2 Å². The Morgan fingerprint density at radius 3 is 2.00 bits per heavy atom. The maximum Gasteiger partial charge on any atom is 0.308 e. The highest BCUT2D eigenvalue weighted by Gasteiger charge is 2.12. The highest BCUT2D eigenvalue weighted by Crippen LogP contribution is 2.24. The Balaban J connectivity index is 2.08. The summed E-state index contributed by atoms with van der Waals surface area (Å²) in [5.41, 5.74) is 3.69. The normalized spacial score (nSPS) is 11.6. The van der Waals surface area contributed by atoms with E-state index in [-0.39, 0.29) is 11.9 Å². The van der Waals surface area contributed by atoms with Gasteiger partial charge in [0.25, 0.3) is 0 Å². The number of ether oxygens (including phenoxy) is 1. The number of allylic oxidation sites excluding steroid dienone is 1. The van der Waals surface area contributed by atoms with Gasteiger partial charge in [0.1, 0.15) is 0 Å². The molecule has 0 bridgehead atoms. The van der Waals surface area contributed by atoms with Crippen molar-refractivity contribution in [3.8, 4) is 0 Å². The van der Waals surface area contributed by atoms with Gasteiger partial charge in [-0.15, -0.1) is 0 Å². The Bertz CT molecular complexity index is 588. The maximum atomic E-state index is 11.4. The average Bonchev–Trinajstić information content (AvgIpc) is 2.62. The van der Waals surface area contributed by atoms with Crippen molar-refractivity contribution in [3.05, 3.63) is 77.9 Å². The molecule has 0 aliphatic carbocycles. The summed E-state index contributed by atoms with van der Waals surface area (Å²) in [6.07, 6.45) is 5.04. The van der Waals surface area contributed by atoms with E-state index >= 15 is 0 Å². The second kappa shape index (κ2) is 8.94. The number of unbranched alkanes of at least 4 members (excludes halogenated alkanes) is 1. The van der Waals surface area contributed by atoms with Gasteiger partial charge in [0.2, 0.25) is 0 Å². The van der Waals surface area contributed by atoms with Gasteiger partial charge in [-0.1, -0.05) is 73.7 Å². The molecular weight excluding hydrogens is 284 g/mol. The number of esters is 1. The lowest BCUT2D eigenvalue weighted by atomic mass is 9.95. The predicted octanol–water partition coefficient (Wildman–Crippen LogP) is 5.10. The summed E-state index contributed by atoms with van der Waals surface area (Å²) in [4.78, 5) is 11.4. The van der Waals surface area contributed by atoms with Crippen molar-refractivity contribution in [1.82, 2.24) is 0 Å². The van der Waals surface area contributed by atoms with Crippen LogP contribution in [0.4, 0.5) is 0 Å². The second-order valence-corrected chi connectivity index (χ2v) is 5.70. The Kier molecular flexibility index (Phi) is 6.61. The van der Waals surface area contributed by atoms with Gasteiger partial charge in [-0.2, -0.15) is 0 Å². The Morgan fingerprint density at radius 1 is 1.00 bits per heavy atom. The van der Waals surface area contributed by atoms with Gasteiger partial charge in [0, 0.05) is 0 Å². The summed E-state index contributed by atoms with van der Waals surface area (Å²) in [6.45, 7) is 1.92. The van der Waals surface area contributed by atoms with Gasteiger partial charge in [-0.3, -0.25) is 4.79 Å². The van der Waals surface area contributed by atoms with Crippen LogP contribution in [0.3, 0.4) is 0 Å². The molecule has 0 aromatic heterocycles. The van der Waals surface area contributed by atoms with Gasteiger partial charge in [-0.25, -0.2) is 0 Å². The third-order valence-electron chi connectivity index (χ3n) is 3.96. The molecule has 0 saturated heterocycles. The molecule has 0 fully saturated rings. The van der Waals surface area contributed by atoms with Crippen LogP contribution in [0.25, 0.3) is 5.57 Å². The van der Waals surface area contributed by atoms with E-state index in [1.807, 2.05) is 19.1 Å². The molecule has 0 radical (unpaired) electrons. The molecule has 2 nitrogen and oxygen atoms in total. The topological polar surface area (TPSA) is 26.3 Å². The van der Waals surface area contributed by atoms with Crippen molar-refractivity contribution >= 4 is 11.5 Å². The van der Waals surface area contributed by atoms with E-state index in [2.05, 4.69) is 54.6 Å². The lowest BCUT2D eigenvalue weighted by Gasteiger charge is -2.10. The van der Waals surface area contributed by atoms with Gasteiger partial charge in [0.15, 0.2) is 0 Å². The highest BCUT2D eigenvalue weighted by molar-refractivity contribution is 5.79. The number of methoxy groups -OCH3 is 1. The predicted molar refractivity (Wildman–Crippen MR) is 95.0 cm³/mol. The smallest absolute Gasteiger partial charge is 0.308 e. The average molecular weight is 308 g/mol. The molecule has 1 unspecified atom stereocenters. The number of rotatable bonds is 7. The second-order valence-electron chi connectivity index (χ2n) is 5.70. The van der Waals surface area contributed by atoms with Crippen LogP contribution in [0, 0.1) is 5.92 Å². The zero-order valence-electron chi connectivity index (χ0n) is 13.9. The van der Waals surface area contributed by atoms with Gasteiger partial charge >= 0.3 is 5.97 Å². The molecule has 2 aromatic rings. The van der Waals surface area contributed by atoms with E-state index in [4.69, 9.17) is 4.74 Å². The van der Waals surface area contributed by atoms with Gasteiger partial charge < -0.3 is 4.74 Å². The first-order chi connectivity index (χ1) is 11.2. The Labute approximate surface area is 138 Å². The summed E-state index contributed by atoms with van der Waals surface area (Å²) in [6, 6.07) is 20.8. The summed E-state index contributed by atoms with van der Waals surface area (Å²) in [5, 5.41) is 0. The SMILES string of the molecule is COC(=O)C(C)CCCC=C(c1ccccc1)c1ccccc1. The van der Waals surface area contributed by atoms with E-state index in [0.29, 0.717) is 0 Å². The van der Waals surface area contributed by atoms with Crippen molar-refractivity contribution in [2.24, 2.45) is 5.92 Å². The highest BCUT2D eigenvalue weighted by atomic mass is 16.5. The minimum Gasteiger partial charge on any atom is -0.469 e. The molecule has 2 aromatic carbocycles. The maximum absolute atomic E-state index is 11.4. The fourth-order valence-corrected chi connectivity index (χ4v) is 2.63. The van der Waals surface area contributed by atoms with Crippen LogP contribution < -0.4 is 0 Å². The monoisotopic (exact) mass is 308 g/mol. The molecule has 0 spiro atoms. The molecule has 120 valence electrons. The van der Waals surface area contributed by atoms with Crippen LogP contribution in [0.2, 0.25) is 0 Å². The third-order valence-corrected chi connectivity index (χ3v) is 3.96. The molecule has 0 N–H and O–H groups in total. The van der Waals surface area contributed by atoms with E-state index in [1.54, 1.807) is 0 Å². The molecule has 2 heteroatoms. The van der Waals surface area contributed by atoms with E-state index in [1.165, 1.54) is 23.8 Å².